The van der Waals surface area contributed by atoms with Crippen molar-refractivity contribution < 1.29 is 8.78 Å². The monoisotopic (exact) mass is 232 g/mol. The number of rotatable bonds is 0. The molecule has 0 radical (unpaired) electrons. The Kier molecular flexibility index (Phi) is 2.90. The van der Waals surface area contributed by atoms with Gasteiger partial charge >= 0.3 is 0 Å². The molecule has 2 nitrogen and oxygen atoms in total. The molecule has 0 unspecified atom stereocenters. The summed E-state index contributed by atoms with van der Waals surface area (Å²) >= 11 is 10.6. The van der Waals surface area contributed by atoms with Crippen LogP contribution in [0.4, 0.5) is 8.78 Å². The molecule has 0 aliphatic heterocycles. The highest BCUT2D eigenvalue weighted by atomic mass is 35.5. The van der Waals surface area contributed by atoms with E-state index >= 15 is 0 Å². The first kappa shape index (κ1) is 10.7. The van der Waals surface area contributed by atoms with Crippen molar-refractivity contribution in [1.29, 1.82) is 10.5 Å². The average Bonchev–Trinajstić information content (AvgIpc) is 2.17. The van der Waals surface area contributed by atoms with Gasteiger partial charge in [0.1, 0.15) is 23.3 Å². The molecule has 0 atom stereocenters. The molecule has 0 N–H and O–H groups in total. The molecule has 0 fully saturated rings. The number of hydrogen-bond acceptors (Lipinski definition) is 2. The highest BCUT2D eigenvalue weighted by Gasteiger charge is 2.22. The van der Waals surface area contributed by atoms with Crippen LogP contribution in [0, 0.1) is 34.3 Å². The van der Waals surface area contributed by atoms with Gasteiger partial charge in [-0.2, -0.15) is 10.5 Å². The Labute approximate surface area is 87.9 Å². The van der Waals surface area contributed by atoms with Crippen LogP contribution in [-0.4, -0.2) is 0 Å². The average molecular weight is 233 g/mol. The smallest absolute Gasteiger partial charge is 0.162 e. The van der Waals surface area contributed by atoms with Gasteiger partial charge in [-0.1, -0.05) is 23.2 Å². The van der Waals surface area contributed by atoms with E-state index in [1.807, 2.05) is 0 Å². The summed E-state index contributed by atoms with van der Waals surface area (Å²) in [5.74, 6) is -2.37. The van der Waals surface area contributed by atoms with Crippen molar-refractivity contribution in [3.8, 4) is 12.1 Å². The highest BCUT2D eigenvalue weighted by molar-refractivity contribution is 6.35. The Balaban J connectivity index is 3.77. The van der Waals surface area contributed by atoms with E-state index in [2.05, 4.69) is 0 Å². The first-order chi connectivity index (χ1) is 6.54. The lowest BCUT2D eigenvalue weighted by Gasteiger charge is -2.03. The summed E-state index contributed by atoms with van der Waals surface area (Å²) in [6, 6.07) is 2.71. The molecule has 0 aliphatic carbocycles. The fourth-order valence-corrected chi connectivity index (χ4v) is 1.27. The second-order valence-corrected chi connectivity index (χ2v) is 2.99. The molecule has 1 rings (SSSR count). The van der Waals surface area contributed by atoms with Crippen molar-refractivity contribution >= 4 is 23.2 Å². The van der Waals surface area contributed by atoms with Gasteiger partial charge in [0.2, 0.25) is 0 Å². The van der Waals surface area contributed by atoms with Crippen LogP contribution in [0.15, 0.2) is 0 Å². The van der Waals surface area contributed by atoms with Crippen LogP contribution < -0.4 is 0 Å². The van der Waals surface area contributed by atoms with Gasteiger partial charge in [-0.25, -0.2) is 8.78 Å². The maximum absolute atomic E-state index is 13.1. The maximum atomic E-state index is 13.1. The summed E-state index contributed by atoms with van der Waals surface area (Å²) in [4.78, 5) is 0. The topological polar surface area (TPSA) is 47.6 Å². The zero-order chi connectivity index (χ0) is 10.9. The molecule has 14 heavy (non-hydrogen) atoms. The van der Waals surface area contributed by atoms with Gasteiger partial charge < -0.3 is 0 Å². The molecule has 6 heteroatoms. The van der Waals surface area contributed by atoms with Crippen LogP contribution in [0.5, 0.6) is 0 Å². The first-order valence-corrected chi connectivity index (χ1v) is 3.96. The van der Waals surface area contributed by atoms with Crippen molar-refractivity contribution in [1.82, 2.24) is 0 Å². The molecule has 0 saturated heterocycles. The van der Waals surface area contributed by atoms with E-state index in [9.17, 15) is 8.78 Å². The Morgan fingerprint density at radius 3 is 1.36 bits per heavy atom. The number of nitriles is 2. The lowest BCUT2D eigenvalue weighted by Crippen LogP contribution is -1.96. The third-order valence-corrected chi connectivity index (χ3v) is 2.20. The lowest BCUT2D eigenvalue weighted by molar-refractivity contribution is 0.594. The third-order valence-electron chi connectivity index (χ3n) is 1.49. The predicted molar refractivity (Wildman–Crippen MR) is 45.8 cm³/mol. The van der Waals surface area contributed by atoms with E-state index < -0.39 is 32.8 Å². The molecule has 1 aromatic carbocycles. The number of halogens is 4. The second-order valence-electron chi connectivity index (χ2n) is 2.23. The quantitative estimate of drug-likeness (QED) is 0.646. The standard InChI is InChI=1S/C8Cl2F2N2/c9-5-3(1-13)7(11)6(10)4(2-14)8(5)12. The largest absolute Gasteiger partial charge is 0.204 e. The summed E-state index contributed by atoms with van der Waals surface area (Å²) in [7, 11) is 0. The fraction of sp³-hybridized carbons (Fsp3) is 0. The maximum Gasteiger partial charge on any atom is 0.162 e. The van der Waals surface area contributed by atoms with Crippen LogP contribution in [0.3, 0.4) is 0 Å². The lowest BCUT2D eigenvalue weighted by atomic mass is 10.1. The summed E-state index contributed by atoms with van der Waals surface area (Å²) in [5.41, 5.74) is -1.40. The van der Waals surface area contributed by atoms with Gasteiger partial charge in [0.05, 0.1) is 10.0 Å². The van der Waals surface area contributed by atoms with E-state index in [4.69, 9.17) is 33.7 Å². The van der Waals surface area contributed by atoms with Crippen molar-refractivity contribution in [2.24, 2.45) is 0 Å². The first-order valence-electron chi connectivity index (χ1n) is 3.20. The Hall–Kier alpha value is -1.36. The predicted octanol–water partition coefficient (Wildman–Crippen LogP) is 3.01. The fourth-order valence-electron chi connectivity index (χ4n) is 0.828. The summed E-state index contributed by atoms with van der Waals surface area (Å²) in [6.45, 7) is 0. The van der Waals surface area contributed by atoms with Crippen molar-refractivity contribution in [2.45, 2.75) is 0 Å². The van der Waals surface area contributed by atoms with Crippen LogP contribution in [0.1, 0.15) is 11.1 Å². The molecule has 0 bridgehead atoms. The van der Waals surface area contributed by atoms with E-state index in [0.717, 1.165) is 0 Å². The molecule has 0 heterocycles. The van der Waals surface area contributed by atoms with Gasteiger partial charge in [-0.3, -0.25) is 0 Å². The van der Waals surface area contributed by atoms with E-state index in [1.54, 1.807) is 0 Å². The molecule has 0 amide bonds. The highest BCUT2D eigenvalue weighted by Crippen LogP contribution is 2.31. The van der Waals surface area contributed by atoms with Gasteiger partial charge in [0.25, 0.3) is 0 Å². The van der Waals surface area contributed by atoms with Gasteiger partial charge in [-0.15, -0.1) is 0 Å². The van der Waals surface area contributed by atoms with E-state index in [0.29, 0.717) is 0 Å². The normalized spacial score (nSPS) is 9.29. The molecule has 1 aromatic rings. The minimum absolute atomic E-state index is 0.701. The zero-order valence-electron chi connectivity index (χ0n) is 6.41. The van der Waals surface area contributed by atoms with Crippen molar-refractivity contribution in [2.75, 3.05) is 0 Å². The van der Waals surface area contributed by atoms with Crippen LogP contribution >= 0.6 is 23.2 Å². The molecular weight excluding hydrogens is 233 g/mol. The van der Waals surface area contributed by atoms with E-state index in [1.165, 1.54) is 12.1 Å². The number of nitrogens with zero attached hydrogens (tertiary/aromatic N) is 2. The van der Waals surface area contributed by atoms with E-state index in [-0.39, 0.29) is 0 Å². The number of benzene rings is 1. The van der Waals surface area contributed by atoms with Gasteiger partial charge in [0, 0.05) is 0 Å². The van der Waals surface area contributed by atoms with Crippen LogP contribution in [0.2, 0.25) is 10.0 Å². The third kappa shape index (κ3) is 1.39. The van der Waals surface area contributed by atoms with Crippen LogP contribution in [-0.2, 0) is 0 Å². The number of hydrogen-bond donors (Lipinski definition) is 0. The molecular formula is C8Cl2F2N2. The molecule has 0 aliphatic rings. The van der Waals surface area contributed by atoms with Gasteiger partial charge in [-0.05, 0) is 0 Å². The van der Waals surface area contributed by atoms with Crippen molar-refractivity contribution in [3.63, 3.8) is 0 Å². The van der Waals surface area contributed by atoms with Crippen LogP contribution in [0.25, 0.3) is 0 Å². The summed E-state index contributed by atoms with van der Waals surface area (Å²) < 4.78 is 26.3. The molecule has 0 aromatic heterocycles. The Morgan fingerprint density at radius 2 is 1.14 bits per heavy atom. The minimum Gasteiger partial charge on any atom is -0.204 e. The molecule has 0 spiro atoms. The minimum atomic E-state index is -1.18. The summed E-state index contributed by atoms with van der Waals surface area (Å²) in [6.07, 6.45) is 0. The second kappa shape index (κ2) is 3.79. The molecule has 0 saturated carbocycles. The zero-order valence-corrected chi connectivity index (χ0v) is 7.92. The SMILES string of the molecule is N#Cc1c(F)c(Cl)c(C#N)c(F)c1Cl. The Bertz CT molecular complexity index is 412. The van der Waals surface area contributed by atoms with Gasteiger partial charge in [0.15, 0.2) is 11.6 Å². The Morgan fingerprint density at radius 1 is 0.857 bits per heavy atom. The molecule has 70 valence electrons. The van der Waals surface area contributed by atoms with Crippen molar-refractivity contribution in [3.05, 3.63) is 32.8 Å². The summed E-state index contributed by atoms with van der Waals surface area (Å²) in [5, 5.41) is 15.4.